The molecule has 3 nitrogen and oxygen atoms in total. The van der Waals surface area contributed by atoms with Crippen molar-refractivity contribution in [1.29, 1.82) is 0 Å². The van der Waals surface area contributed by atoms with Crippen molar-refractivity contribution in [3.63, 3.8) is 0 Å². The normalized spacial score (nSPS) is 40.3. The lowest BCUT2D eigenvalue weighted by molar-refractivity contribution is -0.161. The average molecular weight is 173 g/mol. The van der Waals surface area contributed by atoms with Crippen LogP contribution in [0.15, 0.2) is 0 Å². The minimum atomic E-state index is -0.855. The van der Waals surface area contributed by atoms with Gasteiger partial charge in [0.15, 0.2) is 0 Å². The summed E-state index contributed by atoms with van der Waals surface area (Å²) in [6, 6.07) is 0. The molecule has 4 heteroatoms. The molecule has 2 aliphatic rings. The van der Waals surface area contributed by atoms with Crippen molar-refractivity contribution in [1.82, 2.24) is 4.90 Å². The Labute approximate surface area is 70.5 Å². The summed E-state index contributed by atoms with van der Waals surface area (Å²) < 4.78 is 17.6. The summed E-state index contributed by atoms with van der Waals surface area (Å²) in [5, 5.41) is 0. The van der Waals surface area contributed by atoms with Gasteiger partial charge in [-0.15, -0.1) is 0 Å². The molecule has 0 amide bonds. The molecule has 2 atom stereocenters. The maximum absolute atomic E-state index is 13.0. The van der Waals surface area contributed by atoms with Gasteiger partial charge < -0.3 is 4.74 Å². The lowest BCUT2D eigenvalue weighted by Gasteiger charge is -2.44. The number of nitrogens with zero attached hydrogens (tertiary/aromatic N) is 1. The van der Waals surface area contributed by atoms with Gasteiger partial charge in [0.05, 0.1) is 7.11 Å². The summed E-state index contributed by atoms with van der Waals surface area (Å²) in [4.78, 5) is 13.2. The van der Waals surface area contributed by atoms with Crippen LogP contribution in [0.2, 0.25) is 0 Å². The van der Waals surface area contributed by atoms with Crippen LogP contribution < -0.4 is 0 Å². The number of ether oxygens (including phenoxy) is 1. The third-order valence-electron chi connectivity index (χ3n) is 2.94. The van der Waals surface area contributed by atoms with Gasteiger partial charge in [-0.05, 0) is 6.42 Å². The number of fused-ring (bicyclic) bond motifs is 1. The zero-order valence-electron chi connectivity index (χ0n) is 7.05. The smallest absolute Gasteiger partial charge is 0.326 e. The summed E-state index contributed by atoms with van der Waals surface area (Å²) in [6.45, 7) is 1.23. The summed E-state index contributed by atoms with van der Waals surface area (Å²) in [5.74, 6) is -0.270. The van der Waals surface area contributed by atoms with Crippen molar-refractivity contribution < 1.29 is 13.9 Å². The van der Waals surface area contributed by atoms with Crippen LogP contribution in [-0.2, 0) is 9.53 Å². The molecule has 0 N–H and O–H groups in total. The van der Waals surface area contributed by atoms with Gasteiger partial charge in [0, 0.05) is 19.5 Å². The Morgan fingerprint density at radius 3 is 2.92 bits per heavy atom. The largest absolute Gasteiger partial charge is 0.468 e. The number of carbonyl (C=O) groups excluding carboxylic acids is 1. The van der Waals surface area contributed by atoms with Gasteiger partial charge in [0.25, 0.3) is 0 Å². The first-order valence-corrected chi connectivity index (χ1v) is 4.16. The van der Waals surface area contributed by atoms with Crippen molar-refractivity contribution in [2.45, 2.75) is 24.6 Å². The summed E-state index contributed by atoms with van der Waals surface area (Å²) >= 11 is 0. The van der Waals surface area contributed by atoms with Gasteiger partial charge in [-0.2, -0.15) is 0 Å². The van der Waals surface area contributed by atoms with E-state index in [9.17, 15) is 9.18 Å². The molecule has 0 radical (unpaired) electrons. The molecule has 0 spiro atoms. The molecule has 0 aliphatic carbocycles. The van der Waals surface area contributed by atoms with E-state index in [2.05, 4.69) is 4.74 Å². The Morgan fingerprint density at radius 1 is 1.75 bits per heavy atom. The second-order valence-corrected chi connectivity index (χ2v) is 3.52. The van der Waals surface area contributed by atoms with Crippen LogP contribution in [0.5, 0.6) is 0 Å². The van der Waals surface area contributed by atoms with Gasteiger partial charge >= 0.3 is 5.97 Å². The van der Waals surface area contributed by atoms with E-state index >= 15 is 0 Å². The van der Waals surface area contributed by atoms with Crippen LogP contribution in [0.1, 0.15) is 12.8 Å². The number of hydrogen-bond acceptors (Lipinski definition) is 3. The Balaban J connectivity index is 2.16. The molecule has 68 valence electrons. The van der Waals surface area contributed by atoms with E-state index in [1.165, 1.54) is 7.11 Å². The molecule has 2 aliphatic heterocycles. The Hall–Kier alpha value is -0.640. The first-order chi connectivity index (χ1) is 5.69. The fourth-order valence-corrected chi connectivity index (χ4v) is 2.21. The van der Waals surface area contributed by atoms with Crippen molar-refractivity contribution in [2.24, 2.45) is 0 Å². The number of hydrogen-bond donors (Lipinski definition) is 0. The van der Waals surface area contributed by atoms with Gasteiger partial charge in [-0.1, -0.05) is 0 Å². The molecule has 2 saturated heterocycles. The van der Waals surface area contributed by atoms with Gasteiger partial charge in [0.2, 0.25) is 0 Å². The van der Waals surface area contributed by atoms with E-state index in [0.717, 1.165) is 13.0 Å². The van der Waals surface area contributed by atoms with Gasteiger partial charge in [-0.25, -0.2) is 4.39 Å². The van der Waals surface area contributed by atoms with Crippen molar-refractivity contribution >= 4 is 5.97 Å². The maximum atomic E-state index is 13.0. The van der Waals surface area contributed by atoms with Crippen molar-refractivity contribution in [3.8, 4) is 0 Å². The topological polar surface area (TPSA) is 29.5 Å². The third-order valence-corrected chi connectivity index (χ3v) is 2.94. The fourth-order valence-electron chi connectivity index (χ4n) is 2.21. The lowest BCUT2D eigenvalue weighted by Crippen LogP contribution is -2.61. The summed E-state index contributed by atoms with van der Waals surface area (Å²) in [7, 11) is 1.36. The zero-order chi connectivity index (χ0) is 8.77. The number of rotatable bonds is 1. The summed E-state index contributed by atoms with van der Waals surface area (Å²) in [6.07, 6.45) is 0.214. The minimum Gasteiger partial charge on any atom is -0.468 e. The second-order valence-electron chi connectivity index (χ2n) is 3.52. The first kappa shape index (κ1) is 7.98. The second kappa shape index (κ2) is 2.42. The molecule has 0 aromatic heterocycles. The molecule has 2 heterocycles. The van der Waals surface area contributed by atoms with Crippen molar-refractivity contribution in [3.05, 3.63) is 0 Å². The van der Waals surface area contributed by atoms with E-state index < -0.39 is 11.7 Å². The van der Waals surface area contributed by atoms with Crippen LogP contribution in [0.25, 0.3) is 0 Å². The molecule has 0 bridgehead atoms. The number of carbonyl (C=O) groups is 1. The molecule has 0 aromatic carbocycles. The maximum Gasteiger partial charge on any atom is 0.326 e. The number of alkyl halides is 1. The summed E-state index contributed by atoms with van der Waals surface area (Å²) in [5.41, 5.74) is -0.589. The molecule has 12 heavy (non-hydrogen) atoms. The zero-order valence-corrected chi connectivity index (χ0v) is 7.05. The fraction of sp³-hybridized carbons (Fsp3) is 0.875. The highest BCUT2D eigenvalue weighted by atomic mass is 19.1. The molecule has 0 saturated carbocycles. The van der Waals surface area contributed by atoms with E-state index in [4.69, 9.17) is 0 Å². The number of methoxy groups -OCH3 is 1. The van der Waals surface area contributed by atoms with E-state index in [1.54, 1.807) is 0 Å². The van der Waals surface area contributed by atoms with Crippen LogP contribution >= 0.6 is 0 Å². The van der Waals surface area contributed by atoms with Crippen molar-refractivity contribution in [2.75, 3.05) is 20.2 Å². The van der Waals surface area contributed by atoms with Crippen LogP contribution in [0.4, 0.5) is 4.39 Å². The van der Waals surface area contributed by atoms with E-state index in [1.807, 2.05) is 4.90 Å². The molecular weight excluding hydrogens is 161 g/mol. The minimum absolute atomic E-state index is 0.270. The number of halogens is 1. The molecule has 1 unspecified atom stereocenters. The van der Waals surface area contributed by atoms with Gasteiger partial charge in [0.1, 0.15) is 11.7 Å². The van der Waals surface area contributed by atoms with Crippen LogP contribution in [0, 0.1) is 0 Å². The van der Waals surface area contributed by atoms with Crippen LogP contribution in [0.3, 0.4) is 0 Å². The van der Waals surface area contributed by atoms with E-state index in [-0.39, 0.29) is 5.97 Å². The molecule has 2 fully saturated rings. The highest BCUT2D eigenvalue weighted by molar-refractivity contribution is 5.82. The quantitative estimate of drug-likeness (QED) is 0.536. The molecule has 0 aromatic rings. The van der Waals surface area contributed by atoms with Crippen LogP contribution in [-0.4, -0.2) is 42.8 Å². The highest BCUT2D eigenvalue weighted by Gasteiger charge is 2.58. The third kappa shape index (κ3) is 0.813. The number of esters is 1. The predicted molar refractivity (Wildman–Crippen MR) is 40.5 cm³/mol. The Bertz CT molecular complexity index is 221. The first-order valence-electron chi connectivity index (χ1n) is 4.16. The standard InChI is InChI=1S/C8H12FNO2/c1-12-7(11)8-2-3-10(8)5-6(9)4-8/h6H,2-5H2,1H3/t6-,8?/m1/s1. The predicted octanol–water partition coefficient (Wildman–Crippen LogP) is 0.346. The SMILES string of the molecule is COC(=O)C12CCN1C[C@H](F)C2. The average Bonchev–Trinajstić information content (AvgIpc) is 2.26. The van der Waals surface area contributed by atoms with E-state index in [0.29, 0.717) is 13.0 Å². The molecular formula is C8H12FNO2. The Morgan fingerprint density at radius 2 is 2.50 bits per heavy atom. The van der Waals surface area contributed by atoms with Gasteiger partial charge in [-0.3, -0.25) is 9.69 Å². The lowest BCUT2D eigenvalue weighted by atomic mass is 9.85. The highest BCUT2D eigenvalue weighted by Crippen LogP contribution is 2.42. The molecule has 2 rings (SSSR count). The Kier molecular flexibility index (Phi) is 1.61. The monoisotopic (exact) mass is 173 g/mol.